The Balaban J connectivity index is 2.37. The maximum Gasteiger partial charge on any atom is 0.0740 e. The molecule has 0 bridgehead atoms. The first-order valence-corrected chi connectivity index (χ1v) is 6.67. The lowest BCUT2D eigenvalue weighted by Crippen LogP contribution is -2.36. The zero-order valence-electron chi connectivity index (χ0n) is 9.87. The van der Waals surface area contributed by atoms with Gasteiger partial charge in [-0.1, -0.05) is 44.8 Å². The second-order valence-corrected chi connectivity index (χ2v) is 5.01. The summed E-state index contributed by atoms with van der Waals surface area (Å²) >= 11 is 4.94. The Morgan fingerprint density at radius 3 is 2.33 bits per heavy atom. The molecule has 2 N–H and O–H groups in total. The van der Waals surface area contributed by atoms with Crippen LogP contribution in [0.25, 0.3) is 0 Å². The van der Waals surface area contributed by atoms with Gasteiger partial charge in [-0.25, -0.2) is 0 Å². The molecule has 1 aliphatic rings. The van der Waals surface area contributed by atoms with Crippen LogP contribution in [-0.2, 0) is 0 Å². The molecule has 1 rings (SSSR count). The fourth-order valence-electron chi connectivity index (χ4n) is 2.48. The number of nitrogens with two attached hydrogens (primary N) is 1. The molecule has 0 heterocycles. The molecule has 15 heavy (non-hydrogen) atoms. The largest absolute Gasteiger partial charge is 0.393 e. The Hall–Kier alpha value is -0.150. The SMILES string of the molecule is CCN(CCC(N)=S)C1CCCCCC1. The smallest absolute Gasteiger partial charge is 0.0740 e. The fourth-order valence-corrected chi connectivity index (χ4v) is 2.57. The van der Waals surface area contributed by atoms with Crippen LogP contribution >= 0.6 is 12.2 Å². The molecule has 0 atom stereocenters. The Morgan fingerprint density at radius 1 is 1.27 bits per heavy atom. The van der Waals surface area contributed by atoms with Gasteiger partial charge in [0.1, 0.15) is 0 Å². The Kier molecular flexibility index (Phi) is 6.18. The molecule has 1 fully saturated rings. The van der Waals surface area contributed by atoms with E-state index in [1.807, 2.05) is 0 Å². The van der Waals surface area contributed by atoms with Gasteiger partial charge in [0.2, 0.25) is 0 Å². The lowest BCUT2D eigenvalue weighted by atomic mass is 10.1. The van der Waals surface area contributed by atoms with Crippen LogP contribution in [0.4, 0.5) is 0 Å². The second kappa shape index (κ2) is 7.18. The first kappa shape index (κ1) is 12.9. The monoisotopic (exact) mass is 228 g/mol. The minimum absolute atomic E-state index is 0.655. The van der Waals surface area contributed by atoms with Crippen molar-refractivity contribution >= 4 is 17.2 Å². The van der Waals surface area contributed by atoms with Crippen LogP contribution in [-0.4, -0.2) is 29.0 Å². The predicted octanol–water partition coefficient (Wildman–Crippen LogP) is 2.71. The lowest BCUT2D eigenvalue weighted by Gasteiger charge is -2.29. The zero-order chi connectivity index (χ0) is 11.1. The highest BCUT2D eigenvalue weighted by molar-refractivity contribution is 7.80. The summed E-state index contributed by atoms with van der Waals surface area (Å²) in [6.45, 7) is 4.42. The zero-order valence-corrected chi connectivity index (χ0v) is 10.7. The maximum absolute atomic E-state index is 5.56. The minimum Gasteiger partial charge on any atom is -0.393 e. The van der Waals surface area contributed by atoms with Gasteiger partial charge in [0.05, 0.1) is 4.99 Å². The number of hydrogen-bond donors (Lipinski definition) is 1. The van der Waals surface area contributed by atoms with Crippen molar-refractivity contribution in [3.63, 3.8) is 0 Å². The molecular formula is C12H24N2S. The van der Waals surface area contributed by atoms with Gasteiger partial charge < -0.3 is 10.6 Å². The van der Waals surface area contributed by atoms with Gasteiger partial charge in [-0.3, -0.25) is 0 Å². The molecule has 0 amide bonds. The van der Waals surface area contributed by atoms with Crippen molar-refractivity contribution in [2.24, 2.45) is 5.73 Å². The summed E-state index contributed by atoms with van der Waals surface area (Å²) in [5.41, 5.74) is 5.56. The van der Waals surface area contributed by atoms with E-state index in [-0.39, 0.29) is 0 Å². The van der Waals surface area contributed by atoms with E-state index in [9.17, 15) is 0 Å². The van der Waals surface area contributed by atoms with Crippen molar-refractivity contribution in [2.45, 2.75) is 57.9 Å². The molecule has 88 valence electrons. The normalized spacial score (nSPS) is 19.1. The van der Waals surface area contributed by atoms with Crippen molar-refractivity contribution in [1.82, 2.24) is 4.90 Å². The van der Waals surface area contributed by atoms with E-state index in [0.29, 0.717) is 4.99 Å². The summed E-state index contributed by atoms with van der Waals surface area (Å²) in [6, 6.07) is 0.784. The average Bonchev–Trinajstić information content (AvgIpc) is 2.47. The van der Waals surface area contributed by atoms with E-state index in [2.05, 4.69) is 11.8 Å². The summed E-state index contributed by atoms with van der Waals surface area (Å²) in [5.74, 6) is 0. The highest BCUT2D eigenvalue weighted by Gasteiger charge is 2.18. The molecule has 0 saturated heterocycles. The highest BCUT2D eigenvalue weighted by Crippen LogP contribution is 2.21. The topological polar surface area (TPSA) is 29.3 Å². The first-order chi connectivity index (χ1) is 7.24. The molecule has 1 saturated carbocycles. The fraction of sp³-hybridized carbons (Fsp3) is 0.917. The predicted molar refractivity (Wildman–Crippen MR) is 70.1 cm³/mol. The van der Waals surface area contributed by atoms with Crippen molar-refractivity contribution in [3.8, 4) is 0 Å². The molecular weight excluding hydrogens is 204 g/mol. The molecule has 3 heteroatoms. The van der Waals surface area contributed by atoms with Gasteiger partial charge >= 0.3 is 0 Å². The van der Waals surface area contributed by atoms with E-state index in [1.165, 1.54) is 38.5 Å². The van der Waals surface area contributed by atoms with Crippen LogP contribution in [0, 0.1) is 0 Å². The summed E-state index contributed by atoms with van der Waals surface area (Å²) in [5, 5.41) is 0. The van der Waals surface area contributed by atoms with Crippen molar-refractivity contribution in [3.05, 3.63) is 0 Å². The van der Waals surface area contributed by atoms with Gasteiger partial charge in [0.15, 0.2) is 0 Å². The standard InChI is InChI=1S/C12H24N2S/c1-2-14(10-9-12(13)15)11-7-5-3-4-6-8-11/h11H,2-10H2,1H3,(H2,13,15). The number of thiocarbonyl (C=S) groups is 1. The van der Waals surface area contributed by atoms with Crippen molar-refractivity contribution < 1.29 is 0 Å². The van der Waals surface area contributed by atoms with E-state index in [4.69, 9.17) is 18.0 Å². The van der Waals surface area contributed by atoms with Crippen LogP contribution in [0.15, 0.2) is 0 Å². The quantitative estimate of drug-likeness (QED) is 0.579. The number of rotatable bonds is 5. The van der Waals surface area contributed by atoms with Gasteiger partial charge in [0.25, 0.3) is 0 Å². The Bertz CT molecular complexity index is 186. The molecule has 1 aliphatic carbocycles. The van der Waals surface area contributed by atoms with Crippen LogP contribution < -0.4 is 5.73 Å². The van der Waals surface area contributed by atoms with E-state index in [1.54, 1.807) is 0 Å². The van der Waals surface area contributed by atoms with Gasteiger partial charge in [-0.15, -0.1) is 0 Å². The van der Waals surface area contributed by atoms with E-state index in [0.717, 1.165) is 25.6 Å². The van der Waals surface area contributed by atoms with E-state index < -0.39 is 0 Å². The Morgan fingerprint density at radius 2 is 1.87 bits per heavy atom. The van der Waals surface area contributed by atoms with Crippen LogP contribution in [0.1, 0.15) is 51.9 Å². The van der Waals surface area contributed by atoms with Gasteiger partial charge in [-0.05, 0) is 19.4 Å². The lowest BCUT2D eigenvalue weighted by molar-refractivity contribution is 0.193. The average molecular weight is 228 g/mol. The third kappa shape index (κ3) is 4.94. The van der Waals surface area contributed by atoms with Gasteiger partial charge in [-0.2, -0.15) is 0 Å². The van der Waals surface area contributed by atoms with Crippen LogP contribution in [0.3, 0.4) is 0 Å². The van der Waals surface area contributed by atoms with Gasteiger partial charge in [0, 0.05) is 19.0 Å². The second-order valence-electron chi connectivity index (χ2n) is 4.49. The van der Waals surface area contributed by atoms with Crippen LogP contribution in [0.5, 0.6) is 0 Å². The van der Waals surface area contributed by atoms with E-state index >= 15 is 0 Å². The summed E-state index contributed by atoms with van der Waals surface area (Å²) in [4.78, 5) is 3.21. The molecule has 0 aromatic heterocycles. The molecule has 0 aliphatic heterocycles. The summed E-state index contributed by atoms with van der Waals surface area (Å²) < 4.78 is 0. The third-order valence-electron chi connectivity index (χ3n) is 3.39. The molecule has 0 spiro atoms. The van der Waals surface area contributed by atoms with Crippen molar-refractivity contribution in [1.29, 1.82) is 0 Å². The van der Waals surface area contributed by atoms with Crippen molar-refractivity contribution in [2.75, 3.05) is 13.1 Å². The highest BCUT2D eigenvalue weighted by atomic mass is 32.1. The first-order valence-electron chi connectivity index (χ1n) is 6.26. The van der Waals surface area contributed by atoms with Crippen LogP contribution in [0.2, 0.25) is 0 Å². The summed E-state index contributed by atoms with van der Waals surface area (Å²) in [7, 11) is 0. The summed E-state index contributed by atoms with van der Waals surface area (Å²) in [6.07, 6.45) is 9.24. The third-order valence-corrected chi connectivity index (χ3v) is 3.60. The number of hydrogen-bond acceptors (Lipinski definition) is 2. The number of nitrogens with zero attached hydrogens (tertiary/aromatic N) is 1. The maximum atomic E-state index is 5.56. The Labute approximate surface area is 99.2 Å². The molecule has 2 nitrogen and oxygen atoms in total. The molecule has 0 radical (unpaired) electrons. The molecule has 0 aromatic rings. The molecule has 0 unspecified atom stereocenters. The minimum atomic E-state index is 0.655. The molecule has 0 aromatic carbocycles.